The van der Waals surface area contributed by atoms with Gasteiger partial charge < -0.3 is 9.30 Å². The maximum absolute atomic E-state index is 5.76. The quantitative estimate of drug-likeness (QED) is 0.701. The number of hydrogen-bond acceptors (Lipinski definition) is 2. The van der Waals surface area contributed by atoms with Crippen LogP contribution in [0.3, 0.4) is 0 Å². The Morgan fingerprint density at radius 3 is 2.72 bits per heavy atom. The van der Waals surface area contributed by atoms with Crippen LogP contribution < -0.4 is 4.74 Å². The van der Waals surface area contributed by atoms with Crippen molar-refractivity contribution in [3.8, 4) is 5.75 Å². The van der Waals surface area contributed by atoms with Crippen molar-refractivity contribution in [2.24, 2.45) is 7.05 Å². The molecule has 0 aliphatic heterocycles. The number of rotatable bonds is 3. The fourth-order valence-corrected chi connectivity index (χ4v) is 1.94. The standard InChI is InChI=1S/C15H14N2O/c1-17-9-8-16-15(17)11-18-14-7-6-12-4-2-3-5-13(12)10-14/h2-10H,11H2,1H3. The maximum Gasteiger partial charge on any atom is 0.146 e. The predicted octanol–water partition coefficient (Wildman–Crippen LogP) is 3.15. The number of benzene rings is 2. The molecule has 3 aromatic rings. The van der Waals surface area contributed by atoms with E-state index >= 15 is 0 Å². The minimum Gasteiger partial charge on any atom is -0.486 e. The molecule has 0 saturated heterocycles. The fraction of sp³-hybridized carbons (Fsp3) is 0.133. The number of fused-ring (bicyclic) bond motifs is 1. The van der Waals surface area contributed by atoms with Crippen LogP contribution in [-0.2, 0) is 13.7 Å². The molecule has 0 N–H and O–H groups in total. The van der Waals surface area contributed by atoms with E-state index in [-0.39, 0.29) is 0 Å². The van der Waals surface area contributed by atoms with Crippen molar-refractivity contribution in [1.29, 1.82) is 0 Å². The summed E-state index contributed by atoms with van der Waals surface area (Å²) in [6.07, 6.45) is 3.69. The molecule has 0 amide bonds. The minimum absolute atomic E-state index is 0.488. The predicted molar refractivity (Wildman–Crippen MR) is 71.5 cm³/mol. The molecular formula is C15H14N2O. The molecule has 3 nitrogen and oxygen atoms in total. The van der Waals surface area contributed by atoms with Gasteiger partial charge in [0.25, 0.3) is 0 Å². The molecule has 0 bridgehead atoms. The van der Waals surface area contributed by atoms with Gasteiger partial charge in [-0.1, -0.05) is 30.3 Å². The van der Waals surface area contributed by atoms with Crippen molar-refractivity contribution in [1.82, 2.24) is 9.55 Å². The molecule has 0 spiro atoms. The molecular weight excluding hydrogens is 224 g/mol. The molecule has 3 heteroatoms. The summed E-state index contributed by atoms with van der Waals surface area (Å²) in [6, 6.07) is 14.4. The van der Waals surface area contributed by atoms with Crippen LogP contribution in [0.2, 0.25) is 0 Å². The van der Waals surface area contributed by atoms with Crippen LogP contribution >= 0.6 is 0 Å². The van der Waals surface area contributed by atoms with E-state index in [0.29, 0.717) is 6.61 Å². The molecule has 0 aliphatic rings. The monoisotopic (exact) mass is 238 g/mol. The summed E-state index contributed by atoms with van der Waals surface area (Å²) in [5.74, 6) is 1.79. The van der Waals surface area contributed by atoms with Gasteiger partial charge in [-0.3, -0.25) is 0 Å². The van der Waals surface area contributed by atoms with Gasteiger partial charge in [0.1, 0.15) is 18.2 Å². The smallest absolute Gasteiger partial charge is 0.146 e. The Labute approximate surface area is 106 Å². The molecule has 0 atom stereocenters. The van der Waals surface area contributed by atoms with Gasteiger partial charge in [-0.15, -0.1) is 0 Å². The summed E-state index contributed by atoms with van der Waals surface area (Å²) in [7, 11) is 1.96. The normalized spacial score (nSPS) is 10.7. The molecule has 18 heavy (non-hydrogen) atoms. The molecule has 1 heterocycles. The molecule has 1 aromatic heterocycles. The van der Waals surface area contributed by atoms with Crippen molar-refractivity contribution < 1.29 is 4.74 Å². The van der Waals surface area contributed by atoms with Gasteiger partial charge in [0, 0.05) is 19.4 Å². The van der Waals surface area contributed by atoms with E-state index in [1.807, 2.05) is 36.0 Å². The zero-order valence-electron chi connectivity index (χ0n) is 10.2. The van der Waals surface area contributed by atoms with Crippen molar-refractivity contribution >= 4 is 10.8 Å². The van der Waals surface area contributed by atoms with Crippen LogP contribution in [0.25, 0.3) is 10.8 Å². The van der Waals surface area contributed by atoms with Crippen molar-refractivity contribution in [3.05, 3.63) is 60.7 Å². The van der Waals surface area contributed by atoms with E-state index in [1.165, 1.54) is 10.8 Å². The lowest BCUT2D eigenvalue weighted by atomic mass is 10.1. The Kier molecular flexibility index (Phi) is 2.73. The number of imidazole rings is 1. The summed E-state index contributed by atoms with van der Waals surface area (Å²) in [4.78, 5) is 4.23. The fourth-order valence-electron chi connectivity index (χ4n) is 1.94. The van der Waals surface area contributed by atoms with Gasteiger partial charge in [-0.25, -0.2) is 4.98 Å². The third kappa shape index (κ3) is 2.07. The highest BCUT2D eigenvalue weighted by atomic mass is 16.5. The third-order valence-electron chi connectivity index (χ3n) is 3.01. The minimum atomic E-state index is 0.488. The first kappa shape index (κ1) is 10.8. The maximum atomic E-state index is 5.76. The van der Waals surface area contributed by atoms with Gasteiger partial charge in [-0.05, 0) is 22.9 Å². The average Bonchev–Trinajstić information content (AvgIpc) is 2.82. The first-order valence-corrected chi connectivity index (χ1v) is 5.91. The van der Waals surface area contributed by atoms with E-state index in [1.54, 1.807) is 6.20 Å². The Balaban J connectivity index is 1.81. The second kappa shape index (κ2) is 4.53. The topological polar surface area (TPSA) is 27.1 Å². The van der Waals surface area contributed by atoms with Crippen LogP contribution in [0.5, 0.6) is 5.75 Å². The molecule has 3 rings (SSSR count). The highest BCUT2D eigenvalue weighted by Gasteiger charge is 2.01. The summed E-state index contributed by atoms with van der Waals surface area (Å²) in [5.41, 5.74) is 0. The van der Waals surface area contributed by atoms with Crippen molar-refractivity contribution in [2.45, 2.75) is 6.61 Å². The summed E-state index contributed by atoms with van der Waals surface area (Å²) in [5, 5.41) is 2.41. The van der Waals surface area contributed by atoms with Crippen LogP contribution in [-0.4, -0.2) is 9.55 Å². The van der Waals surface area contributed by atoms with Crippen LogP contribution in [0.15, 0.2) is 54.9 Å². The third-order valence-corrected chi connectivity index (χ3v) is 3.01. The van der Waals surface area contributed by atoms with Crippen LogP contribution in [0.4, 0.5) is 0 Å². The number of aryl methyl sites for hydroxylation is 1. The highest BCUT2D eigenvalue weighted by Crippen LogP contribution is 2.21. The molecule has 0 unspecified atom stereocenters. The molecule has 0 fully saturated rings. The van der Waals surface area contributed by atoms with Crippen molar-refractivity contribution in [3.63, 3.8) is 0 Å². The highest BCUT2D eigenvalue weighted by molar-refractivity contribution is 5.83. The number of ether oxygens (including phenoxy) is 1. The lowest BCUT2D eigenvalue weighted by Crippen LogP contribution is -2.02. The van der Waals surface area contributed by atoms with Gasteiger partial charge in [0.05, 0.1) is 0 Å². The first-order valence-electron chi connectivity index (χ1n) is 5.91. The zero-order chi connectivity index (χ0) is 12.4. The lowest BCUT2D eigenvalue weighted by molar-refractivity contribution is 0.292. The van der Waals surface area contributed by atoms with E-state index < -0.39 is 0 Å². The second-order valence-electron chi connectivity index (χ2n) is 4.25. The van der Waals surface area contributed by atoms with Gasteiger partial charge in [-0.2, -0.15) is 0 Å². The molecule has 0 aliphatic carbocycles. The average molecular weight is 238 g/mol. The van der Waals surface area contributed by atoms with E-state index in [4.69, 9.17) is 4.74 Å². The van der Waals surface area contributed by atoms with E-state index in [9.17, 15) is 0 Å². The largest absolute Gasteiger partial charge is 0.486 e. The Bertz CT molecular complexity index is 673. The molecule has 2 aromatic carbocycles. The second-order valence-corrected chi connectivity index (χ2v) is 4.25. The Hall–Kier alpha value is -2.29. The molecule has 0 saturated carbocycles. The lowest BCUT2D eigenvalue weighted by Gasteiger charge is -2.07. The van der Waals surface area contributed by atoms with Crippen molar-refractivity contribution in [2.75, 3.05) is 0 Å². The van der Waals surface area contributed by atoms with Crippen LogP contribution in [0.1, 0.15) is 5.82 Å². The number of aromatic nitrogens is 2. The van der Waals surface area contributed by atoms with Gasteiger partial charge >= 0.3 is 0 Å². The Morgan fingerprint density at radius 1 is 1.11 bits per heavy atom. The van der Waals surface area contributed by atoms with Gasteiger partial charge in [0.2, 0.25) is 0 Å². The Morgan fingerprint density at radius 2 is 1.94 bits per heavy atom. The van der Waals surface area contributed by atoms with E-state index in [0.717, 1.165) is 11.6 Å². The van der Waals surface area contributed by atoms with Crippen LogP contribution in [0, 0.1) is 0 Å². The summed E-state index contributed by atoms with van der Waals surface area (Å²) in [6.45, 7) is 0.488. The first-order chi connectivity index (χ1) is 8.83. The zero-order valence-corrected chi connectivity index (χ0v) is 10.2. The molecule has 0 radical (unpaired) electrons. The summed E-state index contributed by atoms with van der Waals surface area (Å²) < 4.78 is 7.72. The van der Waals surface area contributed by atoms with Gasteiger partial charge in [0.15, 0.2) is 0 Å². The number of nitrogens with zero attached hydrogens (tertiary/aromatic N) is 2. The summed E-state index contributed by atoms with van der Waals surface area (Å²) >= 11 is 0. The van der Waals surface area contributed by atoms with E-state index in [2.05, 4.69) is 29.2 Å². The molecule has 90 valence electrons. The number of hydrogen-bond donors (Lipinski definition) is 0. The SMILES string of the molecule is Cn1ccnc1COc1ccc2ccccc2c1.